The molecule has 0 aliphatic carbocycles. The maximum absolute atomic E-state index is 12.4. The summed E-state index contributed by atoms with van der Waals surface area (Å²) in [6.45, 7) is 4.53. The van der Waals surface area contributed by atoms with Gasteiger partial charge in [0.1, 0.15) is 17.2 Å². The number of hydrogen-bond acceptors (Lipinski definition) is 5. The Morgan fingerprint density at radius 3 is 2.69 bits per heavy atom. The van der Waals surface area contributed by atoms with Crippen LogP contribution in [-0.2, 0) is 11.2 Å². The normalized spacial score (nSPS) is 16.5. The summed E-state index contributed by atoms with van der Waals surface area (Å²) < 4.78 is 17.3. The molecule has 5 nitrogen and oxygen atoms in total. The second-order valence-electron chi connectivity index (χ2n) is 6.85. The lowest BCUT2D eigenvalue weighted by Crippen LogP contribution is -2.25. The van der Waals surface area contributed by atoms with E-state index in [9.17, 15) is 9.90 Å². The lowest BCUT2D eigenvalue weighted by Gasteiger charge is -2.25. The van der Waals surface area contributed by atoms with E-state index in [0.717, 1.165) is 30.4 Å². The average Bonchev–Trinajstić information content (AvgIpc) is 2.74. The van der Waals surface area contributed by atoms with Crippen LogP contribution in [0.15, 0.2) is 55.1 Å². The predicted octanol–water partition coefficient (Wildman–Crippen LogP) is 4.93. The van der Waals surface area contributed by atoms with Crippen LogP contribution in [0.1, 0.15) is 40.7 Å². The number of rotatable bonds is 8. The second kappa shape index (κ2) is 9.94. The van der Waals surface area contributed by atoms with E-state index in [-0.39, 0.29) is 17.8 Å². The van der Waals surface area contributed by atoms with Crippen molar-refractivity contribution in [3.63, 3.8) is 0 Å². The predicted molar refractivity (Wildman–Crippen MR) is 113 cm³/mol. The van der Waals surface area contributed by atoms with E-state index in [4.69, 9.17) is 14.2 Å². The molecule has 2 aromatic carbocycles. The van der Waals surface area contributed by atoms with Crippen molar-refractivity contribution in [2.75, 3.05) is 13.7 Å². The van der Waals surface area contributed by atoms with E-state index in [1.54, 1.807) is 25.3 Å². The highest BCUT2D eigenvalue weighted by Crippen LogP contribution is 2.32. The Kier molecular flexibility index (Phi) is 7.09. The molecule has 5 heteroatoms. The van der Waals surface area contributed by atoms with Crippen molar-refractivity contribution in [3.05, 3.63) is 71.8 Å². The molecule has 1 aliphatic rings. The van der Waals surface area contributed by atoms with Crippen LogP contribution in [0.4, 0.5) is 0 Å². The SMILES string of the molecule is C=CCc1cc(/C=C/C(=O)c2ccc(O)cc2)c(OC)cc1OC1CCCCO1. The van der Waals surface area contributed by atoms with Gasteiger partial charge in [0, 0.05) is 23.6 Å². The maximum Gasteiger partial charge on any atom is 0.199 e. The highest BCUT2D eigenvalue weighted by atomic mass is 16.7. The Hall–Kier alpha value is -3.05. The number of carbonyl (C=O) groups excluding carboxylic acids is 1. The third kappa shape index (κ3) is 5.48. The zero-order chi connectivity index (χ0) is 20.6. The molecule has 1 unspecified atom stereocenters. The van der Waals surface area contributed by atoms with Gasteiger partial charge in [-0.1, -0.05) is 6.08 Å². The lowest BCUT2D eigenvalue weighted by atomic mass is 10.0. The van der Waals surface area contributed by atoms with Crippen LogP contribution in [0, 0.1) is 0 Å². The van der Waals surface area contributed by atoms with Gasteiger partial charge >= 0.3 is 0 Å². The summed E-state index contributed by atoms with van der Waals surface area (Å²) in [6.07, 6.45) is 8.40. The van der Waals surface area contributed by atoms with E-state index < -0.39 is 0 Å². The third-order valence-corrected chi connectivity index (χ3v) is 4.74. The number of aromatic hydroxyl groups is 1. The van der Waals surface area contributed by atoms with Gasteiger partial charge in [-0.3, -0.25) is 4.79 Å². The van der Waals surface area contributed by atoms with E-state index >= 15 is 0 Å². The summed E-state index contributed by atoms with van der Waals surface area (Å²) in [4.78, 5) is 12.4. The summed E-state index contributed by atoms with van der Waals surface area (Å²) in [6, 6.07) is 9.93. The smallest absolute Gasteiger partial charge is 0.199 e. The Morgan fingerprint density at radius 2 is 2.03 bits per heavy atom. The number of hydrogen-bond donors (Lipinski definition) is 1. The molecular formula is C24H26O5. The van der Waals surface area contributed by atoms with Gasteiger partial charge in [0.05, 0.1) is 13.7 Å². The first kappa shape index (κ1) is 20.7. The molecule has 0 bridgehead atoms. The third-order valence-electron chi connectivity index (χ3n) is 4.74. The number of phenols is 1. The van der Waals surface area contributed by atoms with Gasteiger partial charge in [-0.05, 0) is 67.3 Å². The van der Waals surface area contributed by atoms with Gasteiger partial charge in [0.15, 0.2) is 12.1 Å². The quantitative estimate of drug-likeness (QED) is 0.391. The number of ether oxygens (including phenoxy) is 3. The van der Waals surface area contributed by atoms with E-state index in [2.05, 4.69) is 6.58 Å². The summed E-state index contributed by atoms with van der Waals surface area (Å²) in [5.74, 6) is 1.28. The summed E-state index contributed by atoms with van der Waals surface area (Å²) in [5, 5.41) is 9.36. The van der Waals surface area contributed by atoms with Crippen molar-refractivity contribution in [2.45, 2.75) is 32.0 Å². The van der Waals surface area contributed by atoms with Gasteiger partial charge in [0.2, 0.25) is 0 Å². The molecule has 1 saturated heterocycles. The van der Waals surface area contributed by atoms with Crippen LogP contribution >= 0.6 is 0 Å². The number of carbonyl (C=O) groups is 1. The second-order valence-corrected chi connectivity index (χ2v) is 6.85. The molecule has 152 valence electrons. The Labute approximate surface area is 171 Å². The largest absolute Gasteiger partial charge is 0.508 e. The van der Waals surface area contributed by atoms with E-state index in [1.807, 2.05) is 18.2 Å². The summed E-state index contributed by atoms with van der Waals surface area (Å²) >= 11 is 0. The average molecular weight is 394 g/mol. The standard InChI is InChI=1S/C24H26O5/c1-3-6-18-15-19(10-13-21(26)17-8-11-20(25)12-9-17)22(27-2)16-23(18)29-24-7-4-5-14-28-24/h3,8-13,15-16,24-25H,1,4-7,14H2,2H3/b13-10+. The van der Waals surface area contributed by atoms with Crippen LogP contribution < -0.4 is 9.47 Å². The molecule has 0 amide bonds. The van der Waals surface area contributed by atoms with Crippen molar-refractivity contribution in [1.29, 1.82) is 0 Å². The van der Waals surface area contributed by atoms with Crippen LogP contribution in [-0.4, -0.2) is 30.9 Å². The van der Waals surface area contributed by atoms with Crippen LogP contribution in [0.25, 0.3) is 6.08 Å². The molecule has 0 saturated carbocycles. The molecule has 29 heavy (non-hydrogen) atoms. The molecule has 0 radical (unpaired) electrons. The van der Waals surface area contributed by atoms with Crippen LogP contribution in [0.5, 0.6) is 17.2 Å². The van der Waals surface area contributed by atoms with Gasteiger partial charge in [0.25, 0.3) is 0 Å². The Bertz CT molecular complexity index is 877. The minimum Gasteiger partial charge on any atom is -0.508 e. The molecular weight excluding hydrogens is 368 g/mol. The molecule has 0 spiro atoms. The van der Waals surface area contributed by atoms with Crippen LogP contribution in [0.3, 0.4) is 0 Å². The zero-order valence-electron chi connectivity index (χ0n) is 16.6. The first-order chi connectivity index (χ1) is 14.1. The van der Waals surface area contributed by atoms with Crippen molar-refractivity contribution in [1.82, 2.24) is 0 Å². The number of methoxy groups -OCH3 is 1. The number of phenolic OH excluding ortho intramolecular Hbond substituents is 1. The highest BCUT2D eigenvalue weighted by Gasteiger charge is 2.18. The van der Waals surface area contributed by atoms with Gasteiger partial charge in [-0.25, -0.2) is 0 Å². The first-order valence-electron chi connectivity index (χ1n) is 9.72. The fraction of sp³-hybridized carbons (Fsp3) is 0.292. The number of benzene rings is 2. The van der Waals surface area contributed by atoms with Crippen molar-refractivity contribution in [2.24, 2.45) is 0 Å². The van der Waals surface area contributed by atoms with Gasteiger partial charge < -0.3 is 19.3 Å². The fourth-order valence-electron chi connectivity index (χ4n) is 3.19. The molecule has 1 fully saturated rings. The van der Waals surface area contributed by atoms with Crippen molar-refractivity contribution < 1.29 is 24.1 Å². The zero-order valence-corrected chi connectivity index (χ0v) is 16.6. The Balaban J connectivity index is 1.85. The lowest BCUT2D eigenvalue weighted by molar-refractivity contribution is -0.106. The van der Waals surface area contributed by atoms with E-state index in [0.29, 0.717) is 30.1 Å². The summed E-state index contributed by atoms with van der Waals surface area (Å²) in [5.41, 5.74) is 2.22. The number of allylic oxidation sites excluding steroid dienone is 2. The van der Waals surface area contributed by atoms with Crippen LogP contribution in [0.2, 0.25) is 0 Å². The minimum atomic E-state index is -0.255. The number of ketones is 1. The monoisotopic (exact) mass is 394 g/mol. The minimum absolute atomic E-state index is 0.124. The highest BCUT2D eigenvalue weighted by molar-refractivity contribution is 6.07. The van der Waals surface area contributed by atoms with Crippen molar-refractivity contribution in [3.8, 4) is 17.2 Å². The molecule has 3 rings (SSSR count). The molecule has 1 N–H and O–H groups in total. The molecule has 0 aromatic heterocycles. The molecule has 1 heterocycles. The van der Waals surface area contributed by atoms with Crippen molar-refractivity contribution >= 4 is 11.9 Å². The van der Waals surface area contributed by atoms with Gasteiger partial charge in [-0.15, -0.1) is 6.58 Å². The first-order valence-corrected chi connectivity index (χ1v) is 9.72. The van der Waals surface area contributed by atoms with Gasteiger partial charge in [-0.2, -0.15) is 0 Å². The maximum atomic E-state index is 12.4. The topological polar surface area (TPSA) is 65.0 Å². The summed E-state index contributed by atoms with van der Waals surface area (Å²) in [7, 11) is 1.59. The molecule has 1 aliphatic heterocycles. The Morgan fingerprint density at radius 1 is 1.24 bits per heavy atom. The molecule has 1 atom stereocenters. The fourth-order valence-corrected chi connectivity index (χ4v) is 3.19. The van der Waals surface area contributed by atoms with E-state index in [1.165, 1.54) is 18.2 Å². The molecule has 2 aromatic rings.